The number of nitrogens with zero attached hydrogens (tertiary/aromatic N) is 3. The molecule has 0 spiro atoms. The van der Waals surface area contributed by atoms with Gasteiger partial charge in [0.05, 0.1) is 6.20 Å². The summed E-state index contributed by atoms with van der Waals surface area (Å²) < 4.78 is 27.9. The van der Waals surface area contributed by atoms with Gasteiger partial charge in [-0.1, -0.05) is 6.07 Å². The van der Waals surface area contributed by atoms with Crippen LogP contribution in [0.15, 0.2) is 41.7 Å². The quantitative estimate of drug-likeness (QED) is 0.802. The van der Waals surface area contributed by atoms with Gasteiger partial charge in [0.2, 0.25) is 0 Å². The van der Waals surface area contributed by atoms with Crippen LogP contribution in [-0.4, -0.2) is 34.9 Å². The Morgan fingerprint density at radius 3 is 2.89 bits per heavy atom. The second-order valence-electron chi connectivity index (χ2n) is 3.84. The Morgan fingerprint density at radius 1 is 1.37 bits per heavy atom. The third-order valence-corrected chi connectivity index (χ3v) is 3.68. The van der Waals surface area contributed by atoms with Gasteiger partial charge in [0.25, 0.3) is 10.0 Å². The van der Waals surface area contributed by atoms with Gasteiger partial charge >= 0.3 is 0 Å². The third kappa shape index (κ3) is 3.52. The highest BCUT2D eigenvalue weighted by molar-refractivity contribution is 7.92. The zero-order valence-corrected chi connectivity index (χ0v) is 10.9. The SMILES string of the molecule is O=S(=O)(Nc1ccccn1)c1cnn(CCCO)c1. The van der Waals surface area contributed by atoms with E-state index in [1.807, 2.05) is 0 Å². The zero-order valence-electron chi connectivity index (χ0n) is 10.1. The lowest BCUT2D eigenvalue weighted by molar-refractivity contribution is 0.277. The van der Waals surface area contributed by atoms with Crippen molar-refractivity contribution < 1.29 is 13.5 Å². The van der Waals surface area contributed by atoms with E-state index >= 15 is 0 Å². The van der Waals surface area contributed by atoms with E-state index in [2.05, 4.69) is 14.8 Å². The van der Waals surface area contributed by atoms with E-state index < -0.39 is 10.0 Å². The van der Waals surface area contributed by atoms with Crippen LogP contribution in [-0.2, 0) is 16.6 Å². The molecule has 0 unspecified atom stereocenters. The van der Waals surface area contributed by atoms with Crippen LogP contribution in [0.1, 0.15) is 6.42 Å². The molecule has 2 rings (SSSR count). The van der Waals surface area contributed by atoms with Crippen molar-refractivity contribution in [2.24, 2.45) is 0 Å². The minimum Gasteiger partial charge on any atom is -0.396 e. The maximum absolute atomic E-state index is 12.0. The number of pyridine rings is 1. The van der Waals surface area contributed by atoms with E-state index in [0.717, 1.165) is 0 Å². The average molecular weight is 282 g/mol. The molecule has 0 bridgehead atoms. The Hall–Kier alpha value is -1.93. The number of rotatable bonds is 6. The third-order valence-electron chi connectivity index (χ3n) is 2.37. The van der Waals surface area contributed by atoms with E-state index in [0.29, 0.717) is 13.0 Å². The number of sulfonamides is 1. The summed E-state index contributed by atoms with van der Waals surface area (Å²) >= 11 is 0. The number of aromatic nitrogens is 3. The van der Waals surface area contributed by atoms with Crippen LogP contribution in [0.25, 0.3) is 0 Å². The van der Waals surface area contributed by atoms with Gasteiger partial charge in [-0.15, -0.1) is 0 Å². The van der Waals surface area contributed by atoms with Gasteiger partial charge in [-0.25, -0.2) is 13.4 Å². The Kier molecular flexibility index (Phi) is 4.13. The van der Waals surface area contributed by atoms with Crippen molar-refractivity contribution in [1.82, 2.24) is 14.8 Å². The van der Waals surface area contributed by atoms with Gasteiger partial charge in [0.1, 0.15) is 10.7 Å². The molecule has 2 heterocycles. The van der Waals surface area contributed by atoms with Crippen molar-refractivity contribution in [3.05, 3.63) is 36.8 Å². The number of aryl methyl sites for hydroxylation is 1. The topological polar surface area (TPSA) is 97.1 Å². The summed E-state index contributed by atoms with van der Waals surface area (Å²) in [6.45, 7) is 0.504. The van der Waals surface area contributed by atoms with Gasteiger partial charge < -0.3 is 5.11 Å². The van der Waals surface area contributed by atoms with E-state index in [9.17, 15) is 8.42 Å². The average Bonchev–Trinajstić information content (AvgIpc) is 2.86. The summed E-state index contributed by atoms with van der Waals surface area (Å²) in [6, 6.07) is 4.95. The summed E-state index contributed by atoms with van der Waals surface area (Å²) in [5.41, 5.74) is 0. The van der Waals surface area contributed by atoms with E-state index in [4.69, 9.17) is 5.11 Å². The van der Waals surface area contributed by atoms with Crippen LogP contribution in [0.2, 0.25) is 0 Å². The van der Waals surface area contributed by atoms with E-state index in [1.165, 1.54) is 23.3 Å². The fraction of sp³-hybridized carbons (Fsp3) is 0.273. The molecule has 0 aliphatic heterocycles. The smallest absolute Gasteiger partial charge is 0.266 e. The molecule has 0 fully saturated rings. The highest BCUT2D eigenvalue weighted by Gasteiger charge is 2.16. The van der Waals surface area contributed by atoms with Gasteiger partial charge in [-0.3, -0.25) is 9.40 Å². The van der Waals surface area contributed by atoms with Crippen LogP contribution >= 0.6 is 0 Å². The van der Waals surface area contributed by atoms with Gasteiger partial charge in [-0.05, 0) is 18.6 Å². The van der Waals surface area contributed by atoms with Gasteiger partial charge in [-0.2, -0.15) is 5.10 Å². The van der Waals surface area contributed by atoms with Crippen LogP contribution in [0, 0.1) is 0 Å². The molecule has 2 aromatic heterocycles. The fourth-order valence-corrected chi connectivity index (χ4v) is 2.42. The normalized spacial score (nSPS) is 11.4. The van der Waals surface area contributed by atoms with Gasteiger partial charge in [0.15, 0.2) is 0 Å². The maximum Gasteiger partial charge on any atom is 0.266 e. The molecular formula is C11H14N4O3S. The van der Waals surface area contributed by atoms with Crippen molar-refractivity contribution in [1.29, 1.82) is 0 Å². The Bertz CT molecular complexity index is 624. The Morgan fingerprint density at radius 2 is 2.21 bits per heavy atom. The van der Waals surface area contributed by atoms with Crippen molar-refractivity contribution in [3.63, 3.8) is 0 Å². The molecule has 2 N–H and O–H groups in total. The number of aliphatic hydroxyl groups is 1. The summed E-state index contributed by atoms with van der Waals surface area (Å²) in [6.07, 6.45) is 4.71. The number of aliphatic hydroxyl groups excluding tert-OH is 1. The molecule has 0 aromatic carbocycles. The highest BCUT2D eigenvalue weighted by atomic mass is 32.2. The highest BCUT2D eigenvalue weighted by Crippen LogP contribution is 2.12. The molecule has 0 saturated carbocycles. The summed E-state index contributed by atoms with van der Waals surface area (Å²) in [5.74, 6) is 0.255. The van der Waals surface area contributed by atoms with Crippen LogP contribution < -0.4 is 4.72 Å². The van der Waals surface area contributed by atoms with Crippen molar-refractivity contribution in [2.75, 3.05) is 11.3 Å². The predicted octanol–water partition coefficient (Wildman–Crippen LogP) is 0.461. The minimum atomic E-state index is -3.68. The summed E-state index contributed by atoms with van der Waals surface area (Å²) in [4.78, 5) is 3.96. The summed E-state index contributed by atoms with van der Waals surface area (Å²) in [7, 11) is -3.68. The lowest BCUT2D eigenvalue weighted by Gasteiger charge is -2.04. The molecular weight excluding hydrogens is 268 g/mol. The maximum atomic E-state index is 12.0. The molecule has 102 valence electrons. The van der Waals surface area contributed by atoms with Crippen LogP contribution in [0.3, 0.4) is 0 Å². The first kappa shape index (κ1) is 13.5. The fourth-order valence-electron chi connectivity index (χ4n) is 1.46. The monoisotopic (exact) mass is 282 g/mol. The molecule has 0 aliphatic carbocycles. The molecule has 2 aromatic rings. The Labute approximate surface area is 111 Å². The van der Waals surface area contributed by atoms with Crippen molar-refractivity contribution in [2.45, 2.75) is 17.9 Å². The zero-order chi connectivity index (χ0) is 13.7. The first-order valence-corrected chi connectivity index (χ1v) is 7.17. The molecule has 0 saturated heterocycles. The standard InChI is InChI=1S/C11H14N4O3S/c16-7-3-6-15-9-10(8-13-15)19(17,18)14-11-4-1-2-5-12-11/h1-2,4-5,8-9,16H,3,6-7H2,(H,12,14). The first-order valence-electron chi connectivity index (χ1n) is 5.69. The molecule has 19 heavy (non-hydrogen) atoms. The molecule has 8 heteroatoms. The lowest BCUT2D eigenvalue weighted by Crippen LogP contribution is -2.13. The number of anilines is 1. The second-order valence-corrected chi connectivity index (χ2v) is 5.52. The molecule has 0 radical (unpaired) electrons. The molecule has 0 amide bonds. The van der Waals surface area contributed by atoms with Gasteiger partial charge in [0, 0.05) is 25.5 Å². The minimum absolute atomic E-state index is 0.0358. The predicted molar refractivity (Wildman–Crippen MR) is 69.0 cm³/mol. The van der Waals surface area contributed by atoms with E-state index in [1.54, 1.807) is 18.2 Å². The molecule has 0 atom stereocenters. The van der Waals surface area contributed by atoms with Crippen molar-refractivity contribution >= 4 is 15.8 Å². The number of hydrogen-bond donors (Lipinski definition) is 2. The summed E-state index contributed by atoms with van der Waals surface area (Å²) in [5, 5.41) is 12.6. The second kappa shape index (κ2) is 5.81. The van der Waals surface area contributed by atoms with Crippen LogP contribution in [0.4, 0.5) is 5.82 Å². The molecule has 7 nitrogen and oxygen atoms in total. The molecule has 0 aliphatic rings. The number of nitrogens with one attached hydrogen (secondary N) is 1. The van der Waals surface area contributed by atoms with Crippen LogP contribution in [0.5, 0.6) is 0 Å². The lowest BCUT2D eigenvalue weighted by atomic mass is 10.5. The largest absolute Gasteiger partial charge is 0.396 e. The number of hydrogen-bond acceptors (Lipinski definition) is 5. The van der Waals surface area contributed by atoms with E-state index in [-0.39, 0.29) is 17.3 Å². The van der Waals surface area contributed by atoms with Crippen molar-refractivity contribution in [3.8, 4) is 0 Å². The Balaban J connectivity index is 2.13. The first-order chi connectivity index (χ1) is 9.12.